The number of hydrogen-bond donors (Lipinski definition) is 2. The molecule has 0 amide bonds. The Bertz CT molecular complexity index is 453. The third-order valence-electron chi connectivity index (χ3n) is 1.84. The van der Waals surface area contributed by atoms with Gasteiger partial charge in [0.2, 0.25) is 0 Å². The van der Waals surface area contributed by atoms with Crippen LogP contribution in [-0.2, 0) is 13.9 Å². The summed E-state index contributed by atoms with van der Waals surface area (Å²) >= 11 is 0. The van der Waals surface area contributed by atoms with E-state index in [1.807, 2.05) is 0 Å². The second-order valence-electron chi connectivity index (χ2n) is 3.23. The molecule has 1 aromatic rings. The SMILES string of the molecule is COc1cccc(OC(=O)CCOP(=O)(O)O)c1. The largest absolute Gasteiger partial charge is 0.497 e. The highest BCUT2D eigenvalue weighted by Gasteiger charge is 2.15. The van der Waals surface area contributed by atoms with Gasteiger partial charge >= 0.3 is 13.8 Å². The summed E-state index contributed by atoms with van der Waals surface area (Å²) in [6, 6.07) is 6.41. The van der Waals surface area contributed by atoms with E-state index in [2.05, 4.69) is 4.52 Å². The zero-order valence-electron chi connectivity index (χ0n) is 9.61. The summed E-state index contributed by atoms with van der Waals surface area (Å²) in [5, 5.41) is 0. The van der Waals surface area contributed by atoms with Crippen LogP contribution < -0.4 is 9.47 Å². The third kappa shape index (κ3) is 5.79. The normalized spacial score (nSPS) is 11.1. The van der Waals surface area contributed by atoms with Crippen LogP contribution in [0.15, 0.2) is 24.3 Å². The van der Waals surface area contributed by atoms with Gasteiger partial charge in [-0.1, -0.05) is 6.07 Å². The molecule has 0 saturated heterocycles. The van der Waals surface area contributed by atoms with Gasteiger partial charge in [-0.15, -0.1) is 0 Å². The number of rotatable bonds is 6. The first-order chi connectivity index (χ1) is 8.40. The Hall–Kier alpha value is -1.40. The van der Waals surface area contributed by atoms with Gasteiger partial charge < -0.3 is 19.3 Å². The lowest BCUT2D eigenvalue weighted by molar-refractivity contribution is -0.134. The molecule has 0 aliphatic rings. The molecular weight excluding hydrogens is 263 g/mol. The Morgan fingerprint density at radius 3 is 2.61 bits per heavy atom. The molecular formula is C10H13O7P. The average molecular weight is 276 g/mol. The molecule has 0 bridgehead atoms. The summed E-state index contributed by atoms with van der Waals surface area (Å²) < 4.78 is 24.3. The Labute approximate surface area is 104 Å². The van der Waals surface area contributed by atoms with Crippen LogP contribution in [-0.4, -0.2) is 29.5 Å². The first kappa shape index (κ1) is 14.7. The van der Waals surface area contributed by atoms with Crippen LogP contribution in [0, 0.1) is 0 Å². The second kappa shape index (κ2) is 6.51. The van der Waals surface area contributed by atoms with Crippen LogP contribution in [0.4, 0.5) is 0 Å². The van der Waals surface area contributed by atoms with E-state index in [1.54, 1.807) is 18.2 Å². The summed E-state index contributed by atoms with van der Waals surface area (Å²) in [5.41, 5.74) is 0. The number of phosphoric acid groups is 1. The third-order valence-corrected chi connectivity index (χ3v) is 2.36. The fraction of sp³-hybridized carbons (Fsp3) is 0.300. The maximum absolute atomic E-state index is 11.3. The van der Waals surface area contributed by atoms with Gasteiger partial charge in [0.05, 0.1) is 20.1 Å². The molecule has 0 unspecified atom stereocenters. The minimum Gasteiger partial charge on any atom is -0.497 e. The molecule has 8 heteroatoms. The van der Waals surface area contributed by atoms with Gasteiger partial charge in [-0.25, -0.2) is 4.57 Å². The summed E-state index contributed by atoms with van der Waals surface area (Å²) in [6.07, 6.45) is -0.262. The number of phosphoric ester groups is 1. The molecule has 0 spiro atoms. The fourth-order valence-corrected chi connectivity index (χ4v) is 1.42. The van der Waals surface area contributed by atoms with Crippen LogP contribution in [0.5, 0.6) is 11.5 Å². The molecule has 1 rings (SSSR count). The monoisotopic (exact) mass is 276 g/mol. The zero-order chi connectivity index (χ0) is 13.6. The Morgan fingerprint density at radius 1 is 1.33 bits per heavy atom. The first-order valence-corrected chi connectivity index (χ1v) is 6.48. The standard InChI is InChI=1S/C10H13O7P/c1-15-8-3-2-4-9(7-8)17-10(11)5-6-16-18(12,13)14/h2-4,7H,5-6H2,1H3,(H2,12,13,14). The van der Waals surface area contributed by atoms with Crippen molar-refractivity contribution in [2.24, 2.45) is 0 Å². The van der Waals surface area contributed by atoms with Gasteiger partial charge in [-0.05, 0) is 12.1 Å². The van der Waals surface area contributed by atoms with Crippen molar-refractivity contribution in [3.8, 4) is 11.5 Å². The van der Waals surface area contributed by atoms with E-state index in [-0.39, 0.29) is 12.2 Å². The number of hydrogen-bond acceptors (Lipinski definition) is 5. The van der Waals surface area contributed by atoms with Crippen molar-refractivity contribution in [1.29, 1.82) is 0 Å². The Kier molecular flexibility index (Phi) is 5.30. The predicted octanol–water partition coefficient (Wildman–Crippen LogP) is 1.10. The van der Waals surface area contributed by atoms with Crippen LogP contribution in [0.1, 0.15) is 6.42 Å². The Morgan fingerprint density at radius 2 is 2.00 bits per heavy atom. The highest BCUT2D eigenvalue weighted by Crippen LogP contribution is 2.35. The van der Waals surface area contributed by atoms with Gasteiger partial charge in [0, 0.05) is 6.07 Å². The van der Waals surface area contributed by atoms with Gasteiger partial charge in [-0.3, -0.25) is 9.32 Å². The number of carbonyl (C=O) groups excluding carboxylic acids is 1. The molecule has 7 nitrogen and oxygen atoms in total. The lowest BCUT2D eigenvalue weighted by Gasteiger charge is -2.07. The molecule has 0 aliphatic carbocycles. The molecule has 18 heavy (non-hydrogen) atoms. The lowest BCUT2D eigenvalue weighted by atomic mass is 10.3. The van der Waals surface area contributed by atoms with E-state index in [1.165, 1.54) is 13.2 Å². The molecule has 1 aromatic carbocycles. The zero-order valence-corrected chi connectivity index (χ0v) is 10.5. The van der Waals surface area contributed by atoms with E-state index in [9.17, 15) is 9.36 Å². The summed E-state index contributed by atoms with van der Waals surface area (Å²) in [5.74, 6) is 0.166. The van der Waals surface area contributed by atoms with Crippen molar-refractivity contribution in [1.82, 2.24) is 0 Å². The number of carbonyl (C=O) groups is 1. The van der Waals surface area contributed by atoms with Crippen LogP contribution in [0.3, 0.4) is 0 Å². The van der Waals surface area contributed by atoms with E-state index < -0.39 is 20.4 Å². The number of methoxy groups -OCH3 is 1. The minimum atomic E-state index is -4.54. The van der Waals surface area contributed by atoms with Crippen molar-refractivity contribution in [3.05, 3.63) is 24.3 Å². The van der Waals surface area contributed by atoms with Gasteiger partial charge in [-0.2, -0.15) is 0 Å². The Balaban J connectivity index is 2.42. The van der Waals surface area contributed by atoms with Crippen molar-refractivity contribution < 1.29 is 33.1 Å². The van der Waals surface area contributed by atoms with Gasteiger partial charge in [0.1, 0.15) is 11.5 Å². The lowest BCUT2D eigenvalue weighted by Crippen LogP contribution is -2.10. The molecule has 100 valence electrons. The topological polar surface area (TPSA) is 102 Å². The molecule has 0 fully saturated rings. The van der Waals surface area contributed by atoms with Crippen molar-refractivity contribution >= 4 is 13.8 Å². The van der Waals surface area contributed by atoms with Gasteiger partial charge in [0.15, 0.2) is 0 Å². The maximum Gasteiger partial charge on any atom is 0.469 e. The fourth-order valence-electron chi connectivity index (χ4n) is 1.10. The molecule has 0 aliphatic heterocycles. The van der Waals surface area contributed by atoms with E-state index in [4.69, 9.17) is 19.3 Å². The molecule has 0 aromatic heterocycles. The van der Waals surface area contributed by atoms with E-state index in [0.717, 1.165) is 0 Å². The number of esters is 1. The number of ether oxygens (including phenoxy) is 2. The highest BCUT2D eigenvalue weighted by molar-refractivity contribution is 7.46. The van der Waals surface area contributed by atoms with Crippen molar-refractivity contribution in [3.63, 3.8) is 0 Å². The quantitative estimate of drug-likeness (QED) is 0.455. The first-order valence-electron chi connectivity index (χ1n) is 4.95. The molecule has 0 heterocycles. The number of benzene rings is 1. The summed E-state index contributed by atoms with van der Waals surface area (Å²) in [6.45, 7) is -0.410. The smallest absolute Gasteiger partial charge is 0.469 e. The molecule has 2 N–H and O–H groups in total. The van der Waals surface area contributed by atoms with Crippen LogP contribution in [0.25, 0.3) is 0 Å². The minimum absolute atomic E-state index is 0.262. The maximum atomic E-state index is 11.3. The van der Waals surface area contributed by atoms with E-state index in [0.29, 0.717) is 5.75 Å². The second-order valence-corrected chi connectivity index (χ2v) is 4.47. The average Bonchev–Trinajstić information content (AvgIpc) is 2.27. The van der Waals surface area contributed by atoms with Gasteiger partial charge in [0.25, 0.3) is 0 Å². The highest BCUT2D eigenvalue weighted by atomic mass is 31.2. The van der Waals surface area contributed by atoms with Crippen LogP contribution in [0.2, 0.25) is 0 Å². The summed E-state index contributed by atoms with van der Waals surface area (Å²) in [4.78, 5) is 28.1. The van der Waals surface area contributed by atoms with Crippen molar-refractivity contribution in [2.45, 2.75) is 6.42 Å². The van der Waals surface area contributed by atoms with E-state index >= 15 is 0 Å². The van der Waals surface area contributed by atoms with Crippen LogP contribution >= 0.6 is 7.82 Å². The molecule has 0 atom stereocenters. The van der Waals surface area contributed by atoms with Crippen molar-refractivity contribution in [2.75, 3.05) is 13.7 Å². The molecule has 0 saturated carbocycles. The summed E-state index contributed by atoms with van der Waals surface area (Å²) in [7, 11) is -3.06. The molecule has 0 radical (unpaired) electrons. The predicted molar refractivity (Wildman–Crippen MR) is 61.2 cm³/mol.